The van der Waals surface area contributed by atoms with Crippen molar-refractivity contribution in [3.63, 3.8) is 0 Å². The van der Waals surface area contributed by atoms with Crippen molar-refractivity contribution in [2.24, 2.45) is 0 Å². The Hall–Kier alpha value is -3.07. The quantitative estimate of drug-likeness (QED) is 0.395. The van der Waals surface area contributed by atoms with E-state index in [0.29, 0.717) is 18.5 Å². The Kier molecular flexibility index (Phi) is 5.31. The molecule has 4 amide bonds. The number of nitrogens with one attached hydrogen (secondary N) is 2. The Bertz CT molecular complexity index is 821. The van der Waals surface area contributed by atoms with Crippen molar-refractivity contribution in [2.75, 3.05) is 18.5 Å². The van der Waals surface area contributed by atoms with Crippen LogP contribution in [-0.4, -0.2) is 60.1 Å². The molecule has 0 aromatic heterocycles. The van der Waals surface area contributed by atoms with Crippen molar-refractivity contribution in [3.05, 3.63) is 29.3 Å². The Morgan fingerprint density at radius 1 is 1.30 bits per heavy atom. The lowest BCUT2D eigenvalue weighted by atomic mass is 10.0. The van der Waals surface area contributed by atoms with Gasteiger partial charge in [0.2, 0.25) is 11.8 Å². The van der Waals surface area contributed by atoms with Crippen LogP contribution in [0.3, 0.4) is 0 Å². The van der Waals surface area contributed by atoms with Gasteiger partial charge in [-0.1, -0.05) is 6.07 Å². The van der Waals surface area contributed by atoms with Crippen molar-refractivity contribution in [1.29, 1.82) is 0 Å². The zero-order valence-corrected chi connectivity index (χ0v) is 14.7. The van der Waals surface area contributed by atoms with E-state index in [9.17, 15) is 24.0 Å². The van der Waals surface area contributed by atoms with Gasteiger partial charge in [-0.2, -0.15) is 0 Å². The summed E-state index contributed by atoms with van der Waals surface area (Å²) >= 11 is 0. The summed E-state index contributed by atoms with van der Waals surface area (Å²) in [6, 6.07) is 3.81. The van der Waals surface area contributed by atoms with E-state index in [4.69, 9.17) is 4.74 Å². The van der Waals surface area contributed by atoms with Gasteiger partial charge in [-0.3, -0.25) is 29.4 Å². The van der Waals surface area contributed by atoms with Crippen LogP contribution < -0.4 is 10.6 Å². The first-order valence-electron chi connectivity index (χ1n) is 8.59. The van der Waals surface area contributed by atoms with Crippen LogP contribution in [0.2, 0.25) is 0 Å². The molecule has 1 aromatic rings. The first-order chi connectivity index (χ1) is 12.9. The lowest BCUT2D eigenvalue weighted by Gasteiger charge is -2.27. The van der Waals surface area contributed by atoms with E-state index in [-0.39, 0.29) is 30.6 Å². The number of fused-ring (bicyclic) bond motifs is 1. The van der Waals surface area contributed by atoms with Gasteiger partial charge in [0.25, 0.3) is 11.8 Å². The lowest BCUT2D eigenvalue weighted by Crippen LogP contribution is -2.54. The number of carbonyl (C=O) groups is 5. The number of ether oxygens (including phenoxy) is 1. The summed E-state index contributed by atoms with van der Waals surface area (Å²) in [5.74, 6) is -2.19. The van der Waals surface area contributed by atoms with Crippen molar-refractivity contribution in [2.45, 2.75) is 31.9 Å². The maximum absolute atomic E-state index is 12.9. The zero-order chi connectivity index (χ0) is 19.6. The molecule has 1 fully saturated rings. The number of aldehydes is 1. The van der Waals surface area contributed by atoms with Crippen molar-refractivity contribution in [3.8, 4) is 0 Å². The maximum Gasteiger partial charge on any atom is 0.264 e. The Morgan fingerprint density at radius 3 is 2.78 bits per heavy atom. The van der Waals surface area contributed by atoms with E-state index in [1.54, 1.807) is 19.1 Å². The molecule has 2 aliphatic heterocycles. The number of nitrogens with zero attached hydrogens (tertiary/aromatic N) is 1. The van der Waals surface area contributed by atoms with Crippen LogP contribution in [0.1, 0.15) is 40.5 Å². The van der Waals surface area contributed by atoms with E-state index in [1.807, 2.05) is 0 Å². The molecule has 2 atom stereocenters. The summed E-state index contributed by atoms with van der Waals surface area (Å²) < 4.78 is 5.24. The third-order valence-electron chi connectivity index (χ3n) is 4.46. The Balaban J connectivity index is 1.77. The molecule has 0 radical (unpaired) electrons. The summed E-state index contributed by atoms with van der Waals surface area (Å²) in [7, 11) is 0. The standard InChI is InChI=1S/C18H19N3O6/c1-10(9-22)27-8-7-19-12-4-2-3-11-15(12)18(26)21(17(11)25)13-5-6-14(23)20-16(13)24/h2-4,9-10,13,19H,5-8H2,1H3,(H,20,23,24). The number of imide groups is 2. The van der Waals surface area contributed by atoms with E-state index in [0.717, 1.165) is 4.90 Å². The van der Waals surface area contributed by atoms with Crippen molar-refractivity contribution < 1.29 is 28.7 Å². The van der Waals surface area contributed by atoms with Gasteiger partial charge in [0.15, 0.2) is 0 Å². The number of piperidine rings is 1. The van der Waals surface area contributed by atoms with Gasteiger partial charge in [-0.25, -0.2) is 0 Å². The molecule has 1 aromatic carbocycles. The highest BCUT2D eigenvalue weighted by Crippen LogP contribution is 2.32. The smallest absolute Gasteiger partial charge is 0.264 e. The molecule has 2 heterocycles. The molecule has 1 saturated heterocycles. The fraction of sp³-hybridized carbons (Fsp3) is 0.389. The van der Waals surface area contributed by atoms with Gasteiger partial charge in [-0.05, 0) is 25.5 Å². The molecule has 0 bridgehead atoms. The highest BCUT2D eigenvalue weighted by atomic mass is 16.5. The number of benzene rings is 1. The monoisotopic (exact) mass is 373 g/mol. The van der Waals surface area contributed by atoms with Crippen LogP contribution in [-0.2, 0) is 19.1 Å². The fourth-order valence-electron chi connectivity index (χ4n) is 3.13. The highest BCUT2D eigenvalue weighted by molar-refractivity contribution is 6.25. The van der Waals surface area contributed by atoms with Crippen LogP contribution in [0.25, 0.3) is 0 Å². The molecule has 2 unspecified atom stereocenters. The molecule has 0 saturated carbocycles. The van der Waals surface area contributed by atoms with E-state index >= 15 is 0 Å². The number of carbonyl (C=O) groups excluding carboxylic acids is 5. The van der Waals surface area contributed by atoms with Crippen LogP contribution in [0.5, 0.6) is 0 Å². The predicted octanol–water partition coefficient (Wildman–Crippen LogP) is 0.104. The van der Waals surface area contributed by atoms with Crippen molar-refractivity contribution in [1.82, 2.24) is 10.2 Å². The van der Waals surface area contributed by atoms with Gasteiger partial charge < -0.3 is 14.8 Å². The van der Waals surface area contributed by atoms with Gasteiger partial charge in [-0.15, -0.1) is 0 Å². The summed E-state index contributed by atoms with van der Waals surface area (Å²) in [5.41, 5.74) is 0.843. The molecule has 9 heteroatoms. The number of amides is 4. The van der Waals surface area contributed by atoms with Crippen LogP contribution in [0.15, 0.2) is 18.2 Å². The minimum absolute atomic E-state index is 0.0706. The third-order valence-corrected chi connectivity index (χ3v) is 4.46. The number of hydrogen-bond donors (Lipinski definition) is 2. The van der Waals surface area contributed by atoms with Gasteiger partial charge >= 0.3 is 0 Å². The molecular formula is C18H19N3O6. The number of hydrogen-bond acceptors (Lipinski definition) is 7. The van der Waals surface area contributed by atoms with Gasteiger partial charge in [0.05, 0.1) is 17.7 Å². The van der Waals surface area contributed by atoms with E-state index < -0.39 is 35.8 Å². The highest BCUT2D eigenvalue weighted by Gasteiger charge is 2.45. The summed E-state index contributed by atoms with van der Waals surface area (Å²) in [6.07, 6.45) is 0.331. The topological polar surface area (TPSA) is 122 Å². The van der Waals surface area contributed by atoms with E-state index in [1.165, 1.54) is 6.07 Å². The first-order valence-corrected chi connectivity index (χ1v) is 8.59. The Morgan fingerprint density at radius 2 is 2.07 bits per heavy atom. The largest absolute Gasteiger partial charge is 0.382 e. The van der Waals surface area contributed by atoms with E-state index in [2.05, 4.69) is 10.6 Å². The summed E-state index contributed by atoms with van der Waals surface area (Å²) in [4.78, 5) is 60.4. The van der Waals surface area contributed by atoms with Gasteiger partial charge in [0.1, 0.15) is 18.4 Å². The maximum atomic E-state index is 12.9. The molecule has 9 nitrogen and oxygen atoms in total. The van der Waals surface area contributed by atoms with Crippen molar-refractivity contribution >= 4 is 35.6 Å². The summed E-state index contributed by atoms with van der Waals surface area (Å²) in [5, 5.41) is 5.18. The second-order valence-corrected chi connectivity index (χ2v) is 6.31. The molecule has 3 rings (SSSR count). The molecule has 142 valence electrons. The van der Waals surface area contributed by atoms with Crippen LogP contribution in [0.4, 0.5) is 5.69 Å². The molecular weight excluding hydrogens is 354 g/mol. The van der Waals surface area contributed by atoms with Gasteiger partial charge in [0, 0.05) is 18.7 Å². The summed E-state index contributed by atoms with van der Waals surface area (Å²) in [6.45, 7) is 2.18. The second-order valence-electron chi connectivity index (χ2n) is 6.31. The first kappa shape index (κ1) is 18.7. The van der Waals surface area contributed by atoms with Crippen LogP contribution >= 0.6 is 0 Å². The SMILES string of the molecule is CC(C=O)OCCNc1cccc2c1C(=O)N(C1CCC(=O)NC1=O)C2=O. The predicted molar refractivity (Wildman–Crippen MR) is 93.1 cm³/mol. The number of anilines is 1. The normalized spacial score (nSPS) is 20.3. The third kappa shape index (κ3) is 3.59. The molecule has 27 heavy (non-hydrogen) atoms. The zero-order valence-electron chi connectivity index (χ0n) is 14.7. The molecule has 0 aliphatic carbocycles. The molecule has 2 aliphatic rings. The average molecular weight is 373 g/mol. The fourth-order valence-corrected chi connectivity index (χ4v) is 3.13. The van der Waals surface area contributed by atoms with Crippen LogP contribution in [0, 0.1) is 0 Å². The minimum Gasteiger partial charge on any atom is -0.382 e. The minimum atomic E-state index is -1.00. The Labute approximate surface area is 155 Å². The lowest BCUT2D eigenvalue weighted by molar-refractivity contribution is -0.136. The molecule has 2 N–H and O–H groups in total. The molecule has 0 spiro atoms. The number of rotatable bonds is 7. The average Bonchev–Trinajstić information content (AvgIpc) is 2.90. The second kappa shape index (κ2) is 7.67.